The Morgan fingerprint density at radius 1 is 0.500 bits per heavy atom. The van der Waals surface area contributed by atoms with Crippen molar-refractivity contribution in [2.75, 3.05) is 18.0 Å². The van der Waals surface area contributed by atoms with Crippen molar-refractivity contribution in [2.24, 2.45) is 0 Å². The number of carboxylic acid groups (broad SMARTS) is 1. The molecule has 0 aliphatic carbocycles. The average Bonchev–Trinajstić information content (AvgIpc) is 4.14. The molecule has 356 valence electrons. The van der Waals surface area contributed by atoms with Gasteiger partial charge in [0, 0.05) is 84.8 Å². The summed E-state index contributed by atoms with van der Waals surface area (Å²) in [5.74, 6) is -0.937. The molecule has 0 radical (unpaired) electrons. The van der Waals surface area contributed by atoms with Gasteiger partial charge in [0.25, 0.3) is 0 Å². The number of para-hydroxylation sites is 2. The Bertz CT molecular complexity index is 2910. The highest BCUT2D eigenvalue weighted by Crippen LogP contribution is 2.43. The van der Waals surface area contributed by atoms with Crippen LogP contribution in [-0.2, 0) is 10.8 Å². The predicted octanol–water partition coefficient (Wildman–Crippen LogP) is 17.7. The number of rotatable bonds is 20. The maximum absolute atomic E-state index is 11.9. The third kappa shape index (κ3) is 10.1. The number of unbranched alkanes of at least 4 members (excludes halogenated alkanes) is 6. The standard InChI is InChI=1S/C63H66N3O2S2/c1-7-9-11-17-43-64-55-21-15-13-19-53(55)62(3,4)59(64)41-37-51-35-39-57(69-51)45-23-29-48(30-24-45)66(50-33-27-47(28-34-50)61(67)68)49-31-25-46(26-32-49)58-40-36-52(70-58)38-42-60-63(5,6)54-20-14-16-22-56(54)65(60)44-18-12-10-8-2/h13-16,19-42H,7-12,17-18,43-44H2,1-6H3/q+1/p+1. The Kier molecular flexibility index (Phi) is 14.8. The van der Waals surface area contributed by atoms with Gasteiger partial charge in [0.15, 0.2) is 11.4 Å². The number of aromatic carboxylic acids is 1. The number of thiophene rings is 2. The molecule has 7 heteroatoms. The molecule has 2 aliphatic heterocycles. The summed E-state index contributed by atoms with van der Waals surface area (Å²) in [4.78, 5) is 18.9. The van der Waals surface area contributed by atoms with Crippen molar-refractivity contribution in [3.05, 3.63) is 184 Å². The first-order chi connectivity index (χ1) is 34.0. The van der Waals surface area contributed by atoms with Gasteiger partial charge in [0.2, 0.25) is 11.4 Å². The summed E-state index contributed by atoms with van der Waals surface area (Å²) in [6, 6.07) is 51.3. The molecule has 5 nitrogen and oxygen atoms in total. The monoisotopic (exact) mass is 961 g/mol. The van der Waals surface area contributed by atoms with Gasteiger partial charge in [-0.05, 0) is 137 Å². The summed E-state index contributed by atoms with van der Waals surface area (Å²) >= 11 is 3.62. The van der Waals surface area contributed by atoms with Crippen LogP contribution in [0.25, 0.3) is 33.0 Å². The van der Waals surface area contributed by atoms with E-state index in [-0.39, 0.29) is 16.4 Å². The van der Waals surface area contributed by atoms with Crippen LogP contribution in [0.5, 0.6) is 0 Å². The Morgan fingerprint density at radius 3 is 1.30 bits per heavy atom. The summed E-state index contributed by atoms with van der Waals surface area (Å²) in [6.07, 6.45) is 19.2. The van der Waals surface area contributed by atoms with Gasteiger partial charge in [-0.1, -0.05) is 100 Å². The molecule has 0 atom stereocenters. The summed E-state index contributed by atoms with van der Waals surface area (Å²) in [5, 5.41) is 9.72. The second-order valence-corrected chi connectivity index (χ2v) is 22.1. The number of nitrogens with zero attached hydrogens (tertiary/aromatic N) is 3. The van der Waals surface area contributed by atoms with Crippen molar-refractivity contribution in [2.45, 2.75) is 104 Å². The van der Waals surface area contributed by atoms with E-state index < -0.39 is 5.97 Å². The van der Waals surface area contributed by atoms with Crippen molar-refractivity contribution in [3.63, 3.8) is 0 Å². The van der Waals surface area contributed by atoms with Crippen molar-refractivity contribution in [3.8, 4) is 20.9 Å². The number of anilines is 3. The lowest BCUT2D eigenvalue weighted by molar-refractivity contribution is -0.438. The second kappa shape index (κ2) is 21.3. The van der Waals surface area contributed by atoms with Gasteiger partial charge in [-0.25, -0.2) is 4.79 Å². The first-order valence-electron chi connectivity index (χ1n) is 25.4. The normalized spacial score (nSPS) is 14.8. The molecule has 0 spiro atoms. The van der Waals surface area contributed by atoms with E-state index in [1.807, 2.05) is 34.8 Å². The number of hydrogen-bond donors (Lipinski definition) is 1. The van der Waals surface area contributed by atoms with Crippen LogP contribution in [0.15, 0.2) is 158 Å². The Hall–Kier alpha value is -6.41. The minimum absolute atomic E-state index is 0.0740. The number of fused-ring (bicyclic) bond motifs is 2. The molecule has 0 bridgehead atoms. The van der Waals surface area contributed by atoms with E-state index in [1.165, 1.54) is 105 Å². The van der Waals surface area contributed by atoms with E-state index in [4.69, 9.17) is 0 Å². The van der Waals surface area contributed by atoms with E-state index in [0.29, 0.717) is 0 Å². The summed E-state index contributed by atoms with van der Waals surface area (Å²) in [5.41, 5.74) is 13.5. The van der Waals surface area contributed by atoms with Gasteiger partial charge in [0.05, 0.1) is 16.4 Å². The van der Waals surface area contributed by atoms with Crippen LogP contribution in [0.2, 0.25) is 0 Å². The van der Waals surface area contributed by atoms with Crippen LogP contribution in [0.1, 0.15) is 124 Å². The lowest BCUT2D eigenvalue weighted by Gasteiger charge is -2.26. The zero-order valence-electron chi connectivity index (χ0n) is 41.8. The van der Waals surface area contributed by atoms with E-state index in [2.05, 4.69) is 201 Å². The van der Waals surface area contributed by atoms with Crippen molar-refractivity contribution >= 4 is 80.7 Å². The predicted molar refractivity (Wildman–Crippen MR) is 300 cm³/mol. The maximum Gasteiger partial charge on any atom is 0.335 e. The maximum atomic E-state index is 11.9. The molecule has 7 aromatic rings. The lowest BCUT2D eigenvalue weighted by Crippen LogP contribution is -2.27. The first kappa shape index (κ1) is 48.6. The second-order valence-electron chi connectivity index (χ2n) is 19.8. The molecular weight excluding hydrogens is 895 g/mol. The summed E-state index contributed by atoms with van der Waals surface area (Å²) < 4.78 is 5.11. The molecule has 1 N–H and O–H groups in total. The molecule has 0 unspecified atom stereocenters. The third-order valence-electron chi connectivity index (χ3n) is 14.3. The molecule has 0 amide bonds. The van der Waals surface area contributed by atoms with Gasteiger partial charge in [-0.3, -0.25) is 0 Å². The van der Waals surface area contributed by atoms with Gasteiger partial charge in [-0.2, -0.15) is 9.15 Å². The minimum Gasteiger partial charge on any atom is -0.478 e. The van der Waals surface area contributed by atoms with Crippen LogP contribution < -0.4 is 4.90 Å². The van der Waals surface area contributed by atoms with E-state index in [9.17, 15) is 9.90 Å². The zero-order valence-corrected chi connectivity index (χ0v) is 43.4. The molecule has 0 fully saturated rings. The molecule has 9 rings (SSSR count). The number of carboxylic acids is 1. The van der Waals surface area contributed by atoms with E-state index in [0.717, 1.165) is 41.3 Å². The van der Waals surface area contributed by atoms with Crippen LogP contribution in [-0.4, -0.2) is 44.7 Å². The Labute approximate surface area is 424 Å². The average molecular weight is 962 g/mol. The quantitative estimate of drug-likeness (QED) is 0.0612. The van der Waals surface area contributed by atoms with Gasteiger partial charge in [-0.15, -0.1) is 22.7 Å². The van der Waals surface area contributed by atoms with Crippen LogP contribution >= 0.6 is 22.7 Å². The first-order valence-corrected chi connectivity index (χ1v) is 27.0. The molecule has 0 saturated carbocycles. The molecule has 4 heterocycles. The van der Waals surface area contributed by atoms with Gasteiger partial charge in [0.1, 0.15) is 13.1 Å². The third-order valence-corrected chi connectivity index (χ3v) is 16.5. The smallest absolute Gasteiger partial charge is 0.335 e. The number of carbonyl (C=O) groups is 1. The molecule has 70 heavy (non-hydrogen) atoms. The number of allylic oxidation sites excluding steroid dienone is 2. The molecule has 5 aromatic carbocycles. The Morgan fingerprint density at radius 2 is 0.900 bits per heavy atom. The summed E-state index contributed by atoms with van der Waals surface area (Å²) in [7, 11) is 0. The van der Waals surface area contributed by atoms with Crippen LogP contribution in [0.4, 0.5) is 28.4 Å². The van der Waals surface area contributed by atoms with E-state index >= 15 is 0 Å². The van der Waals surface area contributed by atoms with Crippen LogP contribution in [0, 0.1) is 0 Å². The summed E-state index contributed by atoms with van der Waals surface area (Å²) in [6.45, 7) is 16.0. The van der Waals surface area contributed by atoms with Crippen molar-refractivity contribution in [1.29, 1.82) is 0 Å². The minimum atomic E-state index is -0.937. The Balaban J connectivity index is 0.945. The zero-order chi connectivity index (χ0) is 48.8. The van der Waals surface area contributed by atoms with E-state index in [1.54, 1.807) is 12.1 Å². The lowest BCUT2D eigenvalue weighted by atomic mass is 9.81. The highest BCUT2D eigenvalue weighted by atomic mass is 32.1. The van der Waals surface area contributed by atoms with Crippen molar-refractivity contribution < 1.29 is 19.1 Å². The highest BCUT2D eigenvalue weighted by molar-refractivity contribution is 7.16. The molecular formula is C63H67N3O2S2+2. The van der Waals surface area contributed by atoms with Gasteiger partial charge >= 0.3 is 5.97 Å². The topological polar surface area (TPSA) is 46.6 Å². The van der Waals surface area contributed by atoms with Crippen LogP contribution in [0.3, 0.4) is 0 Å². The fourth-order valence-corrected chi connectivity index (χ4v) is 12.3. The SMILES string of the molecule is CCCCCC[N+]1=C(C=Cc2ccc(-c3ccc(N(c4ccc(C(=O)O)cc4)c4ccc(-c5ccc(C=CC6=[N+](CCCCCC)c7ccccc7C6(C)C)s5)cc4)cc3)s2)C(C)(C)c2ccccc21. The molecule has 0 saturated heterocycles. The fourth-order valence-electron chi connectivity index (χ4n) is 10.4. The van der Waals surface area contributed by atoms with Gasteiger partial charge < -0.3 is 10.0 Å². The highest BCUT2D eigenvalue weighted by Gasteiger charge is 2.45. The van der Waals surface area contributed by atoms with Crippen molar-refractivity contribution in [1.82, 2.24) is 0 Å². The fraction of sp³-hybridized carbons (Fsp3) is 0.286. The number of hydrogen-bond acceptors (Lipinski definition) is 4. The molecule has 2 aromatic heterocycles. The number of benzene rings is 5. The largest absolute Gasteiger partial charge is 0.478 e. The molecule has 2 aliphatic rings.